The number of isocyanates is 1. The molecule has 0 amide bonds. The Morgan fingerprint density at radius 2 is 1.87 bits per heavy atom. The molecule has 5 heteroatoms. The van der Waals surface area contributed by atoms with E-state index in [0.717, 1.165) is 0 Å². The smallest absolute Gasteiger partial charge is 0.334 e. The molecule has 0 fully saturated rings. The highest BCUT2D eigenvalue weighted by Gasteiger charge is 2.41. The molecule has 0 aliphatic rings. The minimum absolute atomic E-state index is 0.492. The normalized spacial score (nSPS) is 17.4. The van der Waals surface area contributed by atoms with E-state index in [-0.39, 0.29) is 0 Å². The first-order chi connectivity index (χ1) is 6.63. The third kappa shape index (κ3) is 3.81. The maximum absolute atomic E-state index is 11.0. The van der Waals surface area contributed by atoms with E-state index in [2.05, 4.69) is 4.99 Å². The minimum Gasteiger partial charge on any atom is -0.479 e. The average molecular weight is 215 g/mol. The Morgan fingerprint density at radius 1 is 1.40 bits per heavy atom. The van der Waals surface area contributed by atoms with Gasteiger partial charge >= 0.3 is 5.97 Å². The number of aliphatic carboxylic acids is 1. The molecular weight excluding hydrogens is 198 g/mol. The van der Waals surface area contributed by atoms with Gasteiger partial charge in [0.05, 0.1) is 11.7 Å². The van der Waals surface area contributed by atoms with Gasteiger partial charge in [-0.3, -0.25) is 0 Å². The van der Waals surface area contributed by atoms with Crippen molar-refractivity contribution >= 4 is 12.0 Å². The van der Waals surface area contributed by atoms with Gasteiger partial charge in [-0.05, 0) is 34.6 Å². The second-order valence-corrected chi connectivity index (χ2v) is 4.53. The topological polar surface area (TPSA) is 76.0 Å². The Balaban J connectivity index is 4.95. The number of nitrogens with zero attached hydrogens (tertiary/aromatic N) is 1. The number of hydrogen-bond acceptors (Lipinski definition) is 4. The van der Waals surface area contributed by atoms with Gasteiger partial charge in [0, 0.05) is 0 Å². The van der Waals surface area contributed by atoms with E-state index in [1.807, 2.05) is 0 Å². The number of carbonyl (C=O) groups is 1. The fraction of sp³-hybridized carbons (Fsp3) is 0.800. The monoisotopic (exact) mass is 215 g/mol. The summed E-state index contributed by atoms with van der Waals surface area (Å²) in [7, 11) is 0. The lowest BCUT2D eigenvalue weighted by Crippen LogP contribution is -2.47. The minimum atomic E-state index is -1.59. The van der Waals surface area contributed by atoms with Crippen LogP contribution in [0, 0.1) is 0 Å². The van der Waals surface area contributed by atoms with Crippen LogP contribution in [0.25, 0.3) is 0 Å². The van der Waals surface area contributed by atoms with Gasteiger partial charge in [0.2, 0.25) is 6.08 Å². The van der Waals surface area contributed by atoms with Crippen molar-refractivity contribution in [2.75, 3.05) is 0 Å². The van der Waals surface area contributed by atoms with Crippen LogP contribution in [0.2, 0.25) is 0 Å². The molecular formula is C10H17NO4. The van der Waals surface area contributed by atoms with Gasteiger partial charge in [-0.15, -0.1) is 0 Å². The first kappa shape index (κ1) is 13.8. The number of carboxylic acids is 1. The molecule has 2 atom stereocenters. The Labute approximate surface area is 89.1 Å². The number of hydrogen-bond donors (Lipinski definition) is 1. The van der Waals surface area contributed by atoms with Crippen molar-refractivity contribution < 1.29 is 19.4 Å². The van der Waals surface area contributed by atoms with Crippen molar-refractivity contribution in [2.45, 2.75) is 51.9 Å². The highest BCUT2D eigenvalue weighted by Crippen LogP contribution is 2.23. The Bertz CT molecular complexity index is 284. The molecule has 0 radical (unpaired) electrons. The van der Waals surface area contributed by atoms with Crippen LogP contribution in [0.3, 0.4) is 0 Å². The summed E-state index contributed by atoms with van der Waals surface area (Å²) < 4.78 is 5.46. The molecule has 0 aromatic carbocycles. The number of rotatable bonds is 4. The summed E-state index contributed by atoms with van der Waals surface area (Å²) >= 11 is 0. The highest BCUT2D eigenvalue weighted by molar-refractivity contribution is 5.80. The molecule has 0 bridgehead atoms. The summed E-state index contributed by atoms with van der Waals surface area (Å²) in [5.41, 5.74) is -2.08. The van der Waals surface area contributed by atoms with Crippen LogP contribution in [0.5, 0.6) is 0 Å². The molecule has 5 nitrogen and oxygen atoms in total. The van der Waals surface area contributed by atoms with E-state index in [0.29, 0.717) is 0 Å². The van der Waals surface area contributed by atoms with Crippen LogP contribution < -0.4 is 0 Å². The molecule has 0 aromatic heterocycles. The lowest BCUT2D eigenvalue weighted by Gasteiger charge is -2.32. The molecule has 0 saturated carbocycles. The van der Waals surface area contributed by atoms with E-state index < -0.39 is 23.2 Å². The molecule has 0 heterocycles. The van der Waals surface area contributed by atoms with Crippen molar-refractivity contribution in [3.05, 3.63) is 0 Å². The van der Waals surface area contributed by atoms with Crippen LogP contribution in [-0.2, 0) is 14.3 Å². The number of carbonyl (C=O) groups excluding carboxylic acids is 1. The maximum Gasteiger partial charge on any atom is 0.334 e. The van der Waals surface area contributed by atoms with Gasteiger partial charge in [-0.25, -0.2) is 9.59 Å². The molecule has 0 spiro atoms. The van der Waals surface area contributed by atoms with E-state index in [4.69, 9.17) is 9.84 Å². The van der Waals surface area contributed by atoms with Gasteiger partial charge in [0.15, 0.2) is 5.54 Å². The second kappa shape index (κ2) is 4.55. The van der Waals surface area contributed by atoms with Gasteiger partial charge in [-0.2, -0.15) is 4.99 Å². The summed E-state index contributed by atoms with van der Waals surface area (Å²) in [4.78, 5) is 24.5. The molecule has 1 unspecified atom stereocenters. The molecule has 0 rings (SSSR count). The predicted octanol–water partition coefficient (Wildman–Crippen LogP) is 1.37. The van der Waals surface area contributed by atoms with Crippen molar-refractivity contribution in [1.29, 1.82) is 0 Å². The van der Waals surface area contributed by atoms with E-state index >= 15 is 0 Å². The molecule has 0 saturated heterocycles. The summed E-state index contributed by atoms with van der Waals surface area (Å²) in [5.74, 6) is -1.21. The second-order valence-electron chi connectivity index (χ2n) is 4.53. The Kier molecular flexibility index (Phi) is 4.19. The first-order valence-electron chi connectivity index (χ1n) is 4.63. The van der Waals surface area contributed by atoms with Gasteiger partial charge in [-0.1, -0.05) is 0 Å². The lowest BCUT2D eigenvalue weighted by atomic mass is 9.96. The van der Waals surface area contributed by atoms with E-state index in [9.17, 15) is 9.59 Å². The van der Waals surface area contributed by atoms with Crippen LogP contribution >= 0.6 is 0 Å². The molecule has 15 heavy (non-hydrogen) atoms. The van der Waals surface area contributed by atoms with Gasteiger partial charge in [0.25, 0.3) is 0 Å². The highest BCUT2D eigenvalue weighted by atomic mass is 16.5. The zero-order valence-electron chi connectivity index (χ0n) is 9.70. The number of ether oxygens (including phenoxy) is 1. The largest absolute Gasteiger partial charge is 0.479 e. The summed E-state index contributed by atoms with van der Waals surface area (Å²) in [6.07, 6.45) is 0.559. The van der Waals surface area contributed by atoms with Crippen molar-refractivity contribution in [2.24, 2.45) is 4.99 Å². The molecule has 0 aromatic rings. The van der Waals surface area contributed by atoms with Crippen LogP contribution in [0.1, 0.15) is 34.6 Å². The number of aliphatic imine (C=N–C) groups is 1. The van der Waals surface area contributed by atoms with Crippen molar-refractivity contribution in [1.82, 2.24) is 0 Å². The van der Waals surface area contributed by atoms with Crippen LogP contribution in [-0.4, -0.2) is 34.4 Å². The third-order valence-corrected chi connectivity index (χ3v) is 2.03. The first-order valence-corrected chi connectivity index (χ1v) is 4.63. The van der Waals surface area contributed by atoms with E-state index in [1.165, 1.54) is 13.0 Å². The molecule has 0 aliphatic carbocycles. The average Bonchev–Trinajstić information content (AvgIpc) is 2.00. The SMILES string of the molecule is C[C@@H](OC(C)(C)C)C(C)(N=C=O)C(=O)O. The zero-order chi connectivity index (χ0) is 12.3. The standard InChI is InChI=1S/C10H17NO4/c1-7(15-9(2,3)4)10(5,8(13)14)11-6-12/h7H,1-5H3,(H,13,14)/t7-,10?/m1/s1. The molecule has 86 valence electrons. The van der Waals surface area contributed by atoms with E-state index in [1.54, 1.807) is 27.7 Å². The lowest BCUT2D eigenvalue weighted by molar-refractivity contribution is -0.153. The van der Waals surface area contributed by atoms with Gasteiger partial charge < -0.3 is 9.84 Å². The van der Waals surface area contributed by atoms with Crippen molar-refractivity contribution in [3.63, 3.8) is 0 Å². The third-order valence-electron chi connectivity index (χ3n) is 2.03. The summed E-state index contributed by atoms with van der Waals surface area (Å²) in [5, 5.41) is 8.98. The van der Waals surface area contributed by atoms with Crippen LogP contribution in [0.4, 0.5) is 0 Å². The Hall–Kier alpha value is -1.19. The summed E-state index contributed by atoms with van der Waals surface area (Å²) in [6, 6.07) is 0. The molecule has 0 aliphatic heterocycles. The maximum atomic E-state index is 11.0. The zero-order valence-corrected chi connectivity index (χ0v) is 9.70. The molecule has 1 N–H and O–H groups in total. The Morgan fingerprint density at radius 3 is 2.13 bits per heavy atom. The summed E-state index contributed by atoms with van der Waals surface area (Å²) in [6.45, 7) is 8.31. The quantitative estimate of drug-likeness (QED) is 0.567. The predicted molar refractivity (Wildman–Crippen MR) is 54.5 cm³/mol. The number of carboxylic acid groups (broad SMARTS) is 1. The fourth-order valence-corrected chi connectivity index (χ4v) is 1.05. The van der Waals surface area contributed by atoms with Crippen LogP contribution in [0.15, 0.2) is 4.99 Å². The fourth-order valence-electron chi connectivity index (χ4n) is 1.05. The van der Waals surface area contributed by atoms with Gasteiger partial charge in [0.1, 0.15) is 0 Å². The van der Waals surface area contributed by atoms with Crippen molar-refractivity contribution in [3.8, 4) is 0 Å².